The van der Waals surface area contributed by atoms with Gasteiger partial charge < -0.3 is 4.98 Å². The minimum atomic E-state index is -3.64. The van der Waals surface area contributed by atoms with E-state index in [1.165, 1.54) is 0 Å². The van der Waals surface area contributed by atoms with Crippen LogP contribution < -0.4 is 4.72 Å². The number of para-hydroxylation sites is 1. The Morgan fingerprint density at radius 3 is 2.82 bits per heavy atom. The van der Waals surface area contributed by atoms with Crippen molar-refractivity contribution >= 4 is 26.7 Å². The fourth-order valence-corrected chi connectivity index (χ4v) is 3.64. The van der Waals surface area contributed by atoms with Crippen LogP contribution >= 0.6 is 0 Å². The molecule has 0 amide bonds. The van der Waals surface area contributed by atoms with Crippen molar-refractivity contribution in [3.63, 3.8) is 0 Å². The van der Waals surface area contributed by atoms with Crippen molar-refractivity contribution in [2.24, 2.45) is 0 Å². The molecule has 1 aromatic heterocycles. The number of rotatable bonds is 4. The smallest absolute Gasteiger partial charge is 0.261 e. The highest BCUT2D eigenvalue weighted by molar-refractivity contribution is 7.92. The maximum absolute atomic E-state index is 12.6. The van der Waals surface area contributed by atoms with Crippen molar-refractivity contribution in [2.75, 3.05) is 4.72 Å². The average Bonchev–Trinajstić information content (AvgIpc) is 2.96. The Balaban J connectivity index is 2.03. The van der Waals surface area contributed by atoms with E-state index >= 15 is 0 Å². The molecule has 0 spiro atoms. The lowest BCUT2D eigenvalue weighted by atomic mass is 10.1. The standard InChI is InChI=1S/C16H17N3O2S/c1-3-12-6-4-5-11(2)16(12)19-22(20,21)13-7-8-14-15(9-13)18-10-17-14/h4-10,19H,3H2,1-2H3,(H,17,18). The number of hydrogen-bond acceptors (Lipinski definition) is 3. The number of nitrogens with zero attached hydrogens (tertiary/aromatic N) is 1. The molecule has 2 N–H and O–H groups in total. The molecule has 22 heavy (non-hydrogen) atoms. The molecule has 114 valence electrons. The first-order chi connectivity index (χ1) is 10.5. The lowest BCUT2D eigenvalue weighted by Gasteiger charge is -2.14. The number of fused-ring (bicyclic) bond motifs is 1. The summed E-state index contributed by atoms with van der Waals surface area (Å²) in [7, 11) is -3.64. The SMILES string of the molecule is CCc1cccc(C)c1NS(=O)(=O)c1ccc2nc[nH]c2c1. The molecule has 0 unspecified atom stereocenters. The summed E-state index contributed by atoms with van der Waals surface area (Å²) >= 11 is 0. The van der Waals surface area contributed by atoms with Gasteiger partial charge in [-0.2, -0.15) is 0 Å². The predicted octanol–water partition coefficient (Wildman–Crippen LogP) is 3.23. The minimum Gasteiger partial charge on any atom is -0.345 e. The second kappa shape index (κ2) is 5.46. The Bertz CT molecular complexity index is 929. The van der Waals surface area contributed by atoms with Gasteiger partial charge in [-0.15, -0.1) is 0 Å². The maximum Gasteiger partial charge on any atom is 0.261 e. The van der Waals surface area contributed by atoms with Crippen LogP contribution in [0.2, 0.25) is 0 Å². The second-order valence-corrected chi connectivity index (χ2v) is 6.83. The molecule has 3 rings (SSSR count). The number of H-pyrrole nitrogens is 1. The van der Waals surface area contributed by atoms with E-state index in [1.807, 2.05) is 32.0 Å². The van der Waals surface area contributed by atoms with Gasteiger partial charge in [-0.3, -0.25) is 4.72 Å². The Morgan fingerprint density at radius 2 is 2.05 bits per heavy atom. The van der Waals surface area contributed by atoms with Crippen LogP contribution in [-0.2, 0) is 16.4 Å². The van der Waals surface area contributed by atoms with Crippen molar-refractivity contribution in [3.05, 3.63) is 53.9 Å². The van der Waals surface area contributed by atoms with Gasteiger partial charge in [0.1, 0.15) is 0 Å². The minimum absolute atomic E-state index is 0.217. The van der Waals surface area contributed by atoms with Crippen LogP contribution in [0.5, 0.6) is 0 Å². The van der Waals surface area contributed by atoms with E-state index in [1.54, 1.807) is 24.5 Å². The number of aromatic nitrogens is 2. The van der Waals surface area contributed by atoms with Crippen LogP contribution in [0.3, 0.4) is 0 Å². The molecule has 0 fully saturated rings. The summed E-state index contributed by atoms with van der Waals surface area (Å²) < 4.78 is 28.0. The molecule has 2 aromatic carbocycles. The topological polar surface area (TPSA) is 74.8 Å². The summed E-state index contributed by atoms with van der Waals surface area (Å²) in [6, 6.07) is 10.6. The molecular formula is C16H17N3O2S. The van der Waals surface area contributed by atoms with Gasteiger partial charge in [0.15, 0.2) is 0 Å². The summed E-state index contributed by atoms with van der Waals surface area (Å²) in [5, 5.41) is 0. The van der Waals surface area contributed by atoms with Gasteiger partial charge in [0.2, 0.25) is 0 Å². The number of imidazole rings is 1. The molecule has 1 heterocycles. The number of nitrogens with one attached hydrogen (secondary N) is 2. The van der Waals surface area contributed by atoms with Crippen LogP contribution in [0, 0.1) is 6.92 Å². The fraction of sp³-hybridized carbons (Fsp3) is 0.188. The van der Waals surface area contributed by atoms with Gasteiger partial charge >= 0.3 is 0 Å². The van der Waals surface area contributed by atoms with E-state index in [2.05, 4.69) is 14.7 Å². The van der Waals surface area contributed by atoms with Crippen LogP contribution in [0.25, 0.3) is 11.0 Å². The first-order valence-corrected chi connectivity index (χ1v) is 8.54. The van der Waals surface area contributed by atoms with E-state index < -0.39 is 10.0 Å². The third-order valence-electron chi connectivity index (χ3n) is 3.68. The fourth-order valence-electron chi connectivity index (χ4n) is 2.44. The van der Waals surface area contributed by atoms with Gasteiger partial charge in [0, 0.05) is 0 Å². The summed E-state index contributed by atoms with van der Waals surface area (Å²) in [6.07, 6.45) is 2.31. The van der Waals surface area contributed by atoms with E-state index in [-0.39, 0.29) is 4.90 Å². The summed E-state index contributed by atoms with van der Waals surface area (Å²) in [6.45, 7) is 3.90. The molecule has 0 aliphatic heterocycles. The molecule has 0 atom stereocenters. The monoisotopic (exact) mass is 315 g/mol. The highest BCUT2D eigenvalue weighted by atomic mass is 32.2. The molecule has 0 aliphatic carbocycles. The third kappa shape index (κ3) is 2.57. The highest BCUT2D eigenvalue weighted by Gasteiger charge is 2.17. The van der Waals surface area contributed by atoms with Crippen molar-refractivity contribution in [1.82, 2.24) is 9.97 Å². The molecule has 6 heteroatoms. The van der Waals surface area contributed by atoms with Crippen molar-refractivity contribution < 1.29 is 8.42 Å². The second-order valence-electron chi connectivity index (χ2n) is 5.15. The summed E-state index contributed by atoms with van der Waals surface area (Å²) in [4.78, 5) is 7.24. The zero-order valence-electron chi connectivity index (χ0n) is 12.4. The van der Waals surface area contributed by atoms with E-state index in [0.717, 1.165) is 23.1 Å². The quantitative estimate of drug-likeness (QED) is 0.776. The zero-order valence-corrected chi connectivity index (χ0v) is 13.2. The van der Waals surface area contributed by atoms with Crippen molar-refractivity contribution in [2.45, 2.75) is 25.2 Å². The van der Waals surface area contributed by atoms with Crippen molar-refractivity contribution in [3.8, 4) is 0 Å². The number of sulfonamides is 1. The van der Waals surface area contributed by atoms with Crippen LogP contribution in [0.1, 0.15) is 18.1 Å². The van der Waals surface area contributed by atoms with E-state index in [9.17, 15) is 8.42 Å². The van der Waals surface area contributed by atoms with Crippen LogP contribution in [0.4, 0.5) is 5.69 Å². The lowest BCUT2D eigenvalue weighted by Crippen LogP contribution is -2.15. The molecule has 5 nitrogen and oxygen atoms in total. The third-order valence-corrected chi connectivity index (χ3v) is 5.03. The number of aryl methyl sites for hydroxylation is 2. The molecular weight excluding hydrogens is 298 g/mol. The molecule has 3 aromatic rings. The Hall–Kier alpha value is -2.34. The van der Waals surface area contributed by atoms with Crippen LogP contribution in [-0.4, -0.2) is 18.4 Å². The first-order valence-electron chi connectivity index (χ1n) is 7.05. The molecule has 0 saturated heterocycles. The van der Waals surface area contributed by atoms with Gasteiger partial charge in [-0.25, -0.2) is 13.4 Å². The normalized spacial score (nSPS) is 11.7. The Morgan fingerprint density at radius 1 is 1.23 bits per heavy atom. The largest absolute Gasteiger partial charge is 0.345 e. The van der Waals surface area contributed by atoms with E-state index in [0.29, 0.717) is 11.2 Å². The number of aromatic amines is 1. The Labute approximate surface area is 129 Å². The maximum atomic E-state index is 12.6. The lowest BCUT2D eigenvalue weighted by molar-refractivity contribution is 0.601. The number of benzene rings is 2. The molecule has 0 bridgehead atoms. The molecule has 0 aliphatic rings. The van der Waals surface area contributed by atoms with Crippen molar-refractivity contribution in [1.29, 1.82) is 0 Å². The van der Waals surface area contributed by atoms with Gasteiger partial charge in [0.05, 0.1) is 27.9 Å². The summed E-state index contributed by atoms with van der Waals surface area (Å²) in [5.41, 5.74) is 3.99. The number of hydrogen-bond donors (Lipinski definition) is 2. The average molecular weight is 315 g/mol. The van der Waals surface area contributed by atoms with Gasteiger partial charge in [-0.1, -0.05) is 25.1 Å². The highest BCUT2D eigenvalue weighted by Crippen LogP contribution is 2.25. The van der Waals surface area contributed by atoms with E-state index in [4.69, 9.17) is 0 Å². The van der Waals surface area contributed by atoms with Gasteiger partial charge in [0.25, 0.3) is 10.0 Å². The summed E-state index contributed by atoms with van der Waals surface area (Å²) in [5.74, 6) is 0. The van der Waals surface area contributed by atoms with Crippen LogP contribution in [0.15, 0.2) is 47.6 Å². The molecule has 0 saturated carbocycles. The molecule has 0 radical (unpaired) electrons. The van der Waals surface area contributed by atoms with Gasteiger partial charge in [-0.05, 0) is 42.7 Å². The zero-order chi connectivity index (χ0) is 15.7. The first kappa shape index (κ1) is 14.6. The predicted molar refractivity (Wildman–Crippen MR) is 87.5 cm³/mol. The Kier molecular flexibility index (Phi) is 3.62. The number of anilines is 1.